The maximum Gasteiger partial charge on any atom is 0.302 e. The minimum absolute atomic E-state index is 0.00370. The number of hydrogen-bond donors (Lipinski definition) is 1. The van der Waals surface area contributed by atoms with E-state index in [9.17, 15) is 10.0 Å². The van der Waals surface area contributed by atoms with E-state index in [1.807, 2.05) is 0 Å². The fourth-order valence-corrected chi connectivity index (χ4v) is 5.30. The van der Waals surface area contributed by atoms with E-state index in [0.717, 1.165) is 37.8 Å². The molecule has 4 nitrogen and oxygen atoms in total. The van der Waals surface area contributed by atoms with E-state index < -0.39 is 0 Å². The summed E-state index contributed by atoms with van der Waals surface area (Å²) in [4.78, 5) is 11.4. The smallest absolute Gasteiger partial charge is 0.302 e. The third-order valence-electron chi connectivity index (χ3n) is 6.29. The molecule has 0 bridgehead atoms. The van der Waals surface area contributed by atoms with Crippen molar-refractivity contribution in [2.45, 2.75) is 65.4 Å². The van der Waals surface area contributed by atoms with Gasteiger partial charge in [0.2, 0.25) is 0 Å². The number of oxime groups is 1. The summed E-state index contributed by atoms with van der Waals surface area (Å²) in [5, 5.41) is 12.8. The Labute approximate surface area is 114 Å². The molecule has 0 aromatic rings. The topological polar surface area (TPSA) is 58.9 Å². The van der Waals surface area contributed by atoms with E-state index >= 15 is 0 Å². The van der Waals surface area contributed by atoms with Crippen molar-refractivity contribution in [3.8, 4) is 0 Å². The Hall–Kier alpha value is -1.06. The lowest BCUT2D eigenvalue weighted by atomic mass is 9.54. The first-order valence-electron chi connectivity index (χ1n) is 7.28. The van der Waals surface area contributed by atoms with Crippen molar-refractivity contribution >= 4 is 11.7 Å². The largest absolute Gasteiger partial charge is 0.462 e. The van der Waals surface area contributed by atoms with Crippen LogP contribution in [0.3, 0.4) is 0 Å². The molecule has 0 heterocycles. The van der Waals surface area contributed by atoms with Crippen LogP contribution in [-0.2, 0) is 9.53 Å². The van der Waals surface area contributed by atoms with Crippen molar-refractivity contribution in [1.29, 1.82) is 0 Å². The molecule has 0 aromatic carbocycles. The number of ether oxygens (including phenoxy) is 1. The van der Waals surface area contributed by atoms with Crippen LogP contribution in [0.25, 0.3) is 0 Å². The quantitative estimate of drug-likeness (QED) is 0.450. The summed E-state index contributed by atoms with van der Waals surface area (Å²) in [6.07, 6.45) is 6.16. The normalized spacial score (nSPS) is 50.3. The highest BCUT2D eigenvalue weighted by molar-refractivity contribution is 5.95. The Kier molecular flexibility index (Phi) is 2.55. The number of hydrogen-bond acceptors (Lipinski definition) is 4. The summed E-state index contributed by atoms with van der Waals surface area (Å²) in [7, 11) is 0. The standard InChI is InChI=1S/C15H23NO3/c1-10(17)19-12-5-4-7-13(2)8-6-11(16-18)14(3)9-15(12,13)14/h12,18H,4-9H2,1-3H3/b16-11+/t12-,13-,14+,15+/m0/s1. The van der Waals surface area contributed by atoms with Crippen LogP contribution in [0, 0.1) is 16.2 Å². The van der Waals surface area contributed by atoms with Gasteiger partial charge < -0.3 is 9.94 Å². The average molecular weight is 265 g/mol. The first-order valence-corrected chi connectivity index (χ1v) is 7.28. The van der Waals surface area contributed by atoms with Crippen LogP contribution in [0.15, 0.2) is 5.16 Å². The van der Waals surface area contributed by atoms with Crippen molar-refractivity contribution in [3.05, 3.63) is 0 Å². The van der Waals surface area contributed by atoms with Crippen LogP contribution in [0.2, 0.25) is 0 Å². The Morgan fingerprint density at radius 1 is 1.42 bits per heavy atom. The van der Waals surface area contributed by atoms with Crippen molar-refractivity contribution in [1.82, 2.24) is 0 Å². The van der Waals surface area contributed by atoms with E-state index in [0.29, 0.717) is 0 Å². The molecule has 0 unspecified atom stereocenters. The van der Waals surface area contributed by atoms with Gasteiger partial charge in [0.1, 0.15) is 6.10 Å². The summed E-state index contributed by atoms with van der Waals surface area (Å²) >= 11 is 0. The van der Waals surface area contributed by atoms with E-state index in [-0.39, 0.29) is 28.3 Å². The molecule has 1 spiro atoms. The number of nitrogens with zero attached hydrogens (tertiary/aromatic N) is 1. The molecule has 3 aliphatic carbocycles. The van der Waals surface area contributed by atoms with Gasteiger partial charge in [0.15, 0.2) is 0 Å². The zero-order valence-electron chi connectivity index (χ0n) is 12.0. The molecule has 19 heavy (non-hydrogen) atoms. The highest BCUT2D eigenvalue weighted by atomic mass is 16.5. The monoisotopic (exact) mass is 265 g/mol. The van der Waals surface area contributed by atoms with E-state index in [2.05, 4.69) is 19.0 Å². The van der Waals surface area contributed by atoms with E-state index in [4.69, 9.17) is 4.74 Å². The first-order chi connectivity index (χ1) is 8.89. The lowest BCUT2D eigenvalue weighted by Crippen LogP contribution is -2.51. The summed E-state index contributed by atoms with van der Waals surface area (Å²) in [6.45, 7) is 6.01. The van der Waals surface area contributed by atoms with Crippen molar-refractivity contribution in [2.75, 3.05) is 0 Å². The fourth-order valence-electron chi connectivity index (χ4n) is 5.30. The van der Waals surface area contributed by atoms with Crippen molar-refractivity contribution in [2.24, 2.45) is 21.4 Å². The van der Waals surface area contributed by atoms with Crippen molar-refractivity contribution < 1.29 is 14.7 Å². The summed E-state index contributed by atoms with van der Waals surface area (Å²) in [5.74, 6) is -0.189. The minimum atomic E-state index is -0.189. The van der Waals surface area contributed by atoms with Crippen LogP contribution >= 0.6 is 0 Å². The van der Waals surface area contributed by atoms with Gasteiger partial charge in [-0.15, -0.1) is 0 Å². The second-order valence-corrected chi connectivity index (χ2v) is 7.08. The zero-order chi connectivity index (χ0) is 13.9. The van der Waals surface area contributed by atoms with Gasteiger partial charge in [0, 0.05) is 17.8 Å². The summed E-state index contributed by atoms with van der Waals surface area (Å²) in [5.41, 5.74) is 1.05. The Morgan fingerprint density at radius 2 is 2.16 bits per heavy atom. The van der Waals surface area contributed by atoms with E-state index in [1.54, 1.807) is 0 Å². The third kappa shape index (κ3) is 1.40. The van der Waals surface area contributed by atoms with Crippen LogP contribution in [0.1, 0.15) is 59.3 Å². The molecule has 0 saturated heterocycles. The van der Waals surface area contributed by atoms with Crippen LogP contribution in [0.4, 0.5) is 0 Å². The van der Waals surface area contributed by atoms with Gasteiger partial charge in [0.25, 0.3) is 0 Å². The molecule has 0 aliphatic heterocycles. The second-order valence-electron chi connectivity index (χ2n) is 7.08. The zero-order valence-corrected chi connectivity index (χ0v) is 12.0. The average Bonchev–Trinajstić information content (AvgIpc) is 2.97. The maximum atomic E-state index is 11.4. The predicted octanol–water partition coefficient (Wildman–Crippen LogP) is 3.13. The summed E-state index contributed by atoms with van der Waals surface area (Å²) < 4.78 is 5.65. The fraction of sp³-hybridized carbons (Fsp3) is 0.867. The molecular formula is C15H23NO3. The van der Waals surface area contributed by atoms with Crippen molar-refractivity contribution in [3.63, 3.8) is 0 Å². The summed E-state index contributed by atoms with van der Waals surface area (Å²) in [6, 6.07) is 0. The molecule has 4 atom stereocenters. The van der Waals surface area contributed by atoms with E-state index in [1.165, 1.54) is 13.3 Å². The molecular weight excluding hydrogens is 242 g/mol. The molecule has 0 amide bonds. The van der Waals surface area contributed by atoms with Gasteiger partial charge in [-0.25, -0.2) is 0 Å². The number of carbonyl (C=O) groups is 1. The highest BCUT2D eigenvalue weighted by Gasteiger charge is 2.80. The molecule has 106 valence electrons. The number of esters is 1. The Bertz CT molecular complexity index is 460. The van der Waals surface area contributed by atoms with Crippen LogP contribution < -0.4 is 0 Å². The van der Waals surface area contributed by atoms with Gasteiger partial charge in [-0.05, 0) is 43.9 Å². The number of rotatable bonds is 1. The maximum absolute atomic E-state index is 11.4. The molecule has 3 saturated carbocycles. The first kappa shape index (κ1) is 12.9. The van der Waals surface area contributed by atoms with Gasteiger partial charge in [0.05, 0.1) is 5.71 Å². The van der Waals surface area contributed by atoms with Gasteiger partial charge in [-0.1, -0.05) is 19.0 Å². The number of carbonyl (C=O) groups excluding carboxylic acids is 1. The highest BCUT2D eigenvalue weighted by Crippen LogP contribution is 2.81. The molecule has 3 fully saturated rings. The molecule has 3 aliphatic rings. The van der Waals surface area contributed by atoms with Gasteiger partial charge in [-0.2, -0.15) is 0 Å². The molecule has 0 aromatic heterocycles. The lowest BCUT2D eigenvalue weighted by Gasteiger charge is -2.51. The SMILES string of the molecule is CC(=O)O[C@H]1CCC[C@@]2(C)CC/C(=N\O)[C@@]3(C)C[C@@]123. The van der Waals surface area contributed by atoms with Gasteiger partial charge in [-0.3, -0.25) is 4.79 Å². The lowest BCUT2D eigenvalue weighted by molar-refractivity contribution is -0.161. The van der Waals surface area contributed by atoms with Crippen LogP contribution in [-0.4, -0.2) is 23.0 Å². The Balaban J connectivity index is 2.02. The third-order valence-corrected chi connectivity index (χ3v) is 6.29. The van der Waals surface area contributed by atoms with Crippen LogP contribution in [0.5, 0.6) is 0 Å². The Morgan fingerprint density at radius 3 is 2.79 bits per heavy atom. The molecule has 4 heteroatoms. The molecule has 1 N–H and O–H groups in total. The minimum Gasteiger partial charge on any atom is -0.462 e. The molecule has 3 rings (SSSR count). The van der Waals surface area contributed by atoms with Gasteiger partial charge >= 0.3 is 5.97 Å². The predicted molar refractivity (Wildman–Crippen MR) is 71.1 cm³/mol. The second kappa shape index (κ2) is 3.74. The molecule has 0 radical (unpaired) electrons.